The molecular formula is C8H11N4+. The van der Waals surface area contributed by atoms with Crippen molar-refractivity contribution in [3.05, 3.63) is 36.7 Å². The second-order valence-electron chi connectivity index (χ2n) is 2.83. The van der Waals surface area contributed by atoms with E-state index in [1.165, 1.54) is 0 Å². The minimum absolute atomic E-state index is 0.848. The first-order chi connectivity index (χ1) is 5.84. The van der Waals surface area contributed by atoms with Crippen LogP contribution in [0.2, 0.25) is 0 Å². The summed E-state index contributed by atoms with van der Waals surface area (Å²) in [6.07, 6.45) is 7.83. The van der Waals surface area contributed by atoms with Gasteiger partial charge in [0, 0.05) is 6.20 Å². The van der Waals surface area contributed by atoms with Crippen LogP contribution >= 0.6 is 0 Å². The largest absolute Gasteiger partial charge is 0.279 e. The molecule has 12 heavy (non-hydrogen) atoms. The van der Waals surface area contributed by atoms with E-state index in [0.717, 1.165) is 12.2 Å². The number of hydrogen-bond acceptors (Lipinski definition) is 1. The molecule has 0 aliphatic heterocycles. The summed E-state index contributed by atoms with van der Waals surface area (Å²) >= 11 is 0. The van der Waals surface area contributed by atoms with Gasteiger partial charge in [-0.15, -0.1) is 0 Å². The van der Waals surface area contributed by atoms with Gasteiger partial charge >= 0.3 is 0 Å². The highest BCUT2D eigenvalue weighted by molar-refractivity contribution is 4.97. The van der Waals surface area contributed by atoms with Gasteiger partial charge < -0.3 is 0 Å². The molecule has 0 aliphatic rings. The Morgan fingerprint density at radius 1 is 1.67 bits per heavy atom. The molecule has 0 aromatic carbocycles. The minimum atomic E-state index is 0.848. The number of nitrogens with zero attached hydrogens (tertiary/aromatic N) is 3. The first kappa shape index (κ1) is 7.09. The van der Waals surface area contributed by atoms with E-state index in [4.69, 9.17) is 0 Å². The van der Waals surface area contributed by atoms with Crippen LogP contribution in [-0.4, -0.2) is 14.8 Å². The number of H-pyrrole nitrogens is 1. The molecule has 62 valence electrons. The highest BCUT2D eigenvalue weighted by Crippen LogP contribution is 1.95. The third kappa shape index (κ3) is 1.37. The third-order valence-electron chi connectivity index (χ3n) is 1.74. The maximum Gasteiger partial charge on any atom is 0.243 e. The van der Waals surface area contributed by atoms with Gasteiger partial charge in [0.15, 0.2) is 0 Å². The highest BCUT2D eigenvalue weighted by atomic mass is 15.1. The van der Waals surface area contributed by atoms with E-state index >= 15 is 0 Å². The maximum absolute atomic E-state index is 3.88. The molecule has 2 aromatic heterocycles. The van der Waals surface area contributed by atoms with Crippen molar-refractivity contribution in [2.75, 3.05) is 0 Å². The molecule has 0 unspecified atom stereocenters. The molecule has 2 heterocycles. The SMILES string of the molecule is C[n+]1ccn(Cc2ccn[nH]2)c1. The summed E-state index contributed by atoms with van der Waals surface area (Å²) in [6, 6.07) is 1.97. The fourth-order valence-electron chi connectivity index (χ4n) is 1.16. The van der Waals surface area contributed by atoms with Crippen molar-refractivity contribution in [3.8, 4) is 0 Å². The van der Waals surface area contributed by atoms with Gasteiger partial charge in [0.05, 0.1) is 12.7 Å². The van der Waals surface area contributed by atoms with E-state index in [0.29, 0.717) is 0 Å². The molecule has 0 amide bonds. The van der Waals surface area contributed by atoms with Gasteiger partial charge in [-0.05, 0) is 6.07 Å². The lowest BCUT2D eigenvalue weighted by Gasteiger charge is -1.90. The molecule has 2 rings (SSSR count). The van der Waals surface area contributed by atoms with Crippen molar-refractivity contribution in [2.24, 2.45) is 7.05 Å². The zero-order valence-corrected chi connectivity index (χ0v) is 6.94. The molecule has 0 atom stereocenters. The van der Waals surface area contributed by atoms with Gasteiger partial charge in [0.1, 0.15) is 18.9 Å². The smallest absolute Gasteiger partial charge is 0.243 e. The molecule has 0 fully saturated rings. The van der Waals surface area contributed by atoms with Crippen LogP contribution in [0.15, 0.2) is 31.0 Å². The minimum Gasteiger partial charge on any atom is -0.279 e. The number of aromatic nitrogens is 4. The Morgan fingerprint density at radius 2 is 2.58 bits per heavy atom. The number of aromatic amines is 1. The molecule has 1 N–H and O–H groups in total. The zero-order valence-electron chi connectivity index (χ0n) is 6.94. The first-order valence-electron chi connectivity index (χ1n) is 3.84. The Labute approximate surface area is 70.5 Å². The molecule has 2 aromatic rings. The fourth-order valence-corrected chi connectivity index (χ4v) is 1.16. The average Bonchev–Trinajstić information content (AvgIpc) is 2.63. The quantitative estimate of drug-likeness (QED) is 0.626. The fraction of sp³-hybridized carbons (Fsp3) is 0.250. The van der Waals surface area contributed by atoms with Gasteiger partial charge in [-0.1, -0.05) is 0 Å². The zero-order chi connectivity index (χ0) is 8.39. The van der Waals surface area contributed by atoms with Crippen LogP contribution in [-0.2, 0) is 13.6 Å². The third-order valence-corrected chi connectivity index (χ3v) is 1.74. The molecule has 0 saturated heterocycles. The van der Waals surface area contributed by atoms with E-state index in [-0.39, 0.29) is 0 Å². The topological polar surface area (TPSA) is 37.5 Å². The summed E-state index contributed by atoms with van der Waals surface area (Å²) in [5.74, 6) is 0. The second kappa shape index (κ2) is 2.81. The van der Waals surface area contributed by atoms with Gasteiger partial charge in [-0.25, -0.2) is 9.13 Å². The second-order valence-corrected chi connectivity index (χ2v) is 2.83. The van der Waals surface area contributed by atoms with Crippen molar-refractivity contribution in [1.29, 1.82) is 0 Å². The van der Waals surface area contributed by atoms with Crippen LogP contribution < -0.4 is 4.57 Å². The number of nitrogens with one attached hydrogen (secondary N) is 1. The number of imidazole rings is 1. The van der Waals surface area contributed by atoms with Gasteiger partial charge in [-0.2, -0.15) is 5.10 Å². The number of aryl methyl sites for hydroxylation is 1. The van der Waals surface area contributed by atoms with Crippen LogP contribution in [0.5, 0.6) is 0 Å². The summed E-state index contributed by atoms with van der Waals surface area (Å²) in [5, 5.41) is 6.79. The van der Waals surface area contributed by atoms with E-state index in [1.807, 2.05) is 36.4 Å². The van der Waals surface area contributed by atoms with E-state index < -0.39 is 0 Å². The van der Waals surface area contributed by atoms with Crippen LogP contribution in [0.1, 0.15) is 5.69 Å². The Morgan fingerprint density at radius 3 is 3.17 bits per heavy atom. The van der Waals surface area contributed by atoms with Crippen molar-refractivity contribution < 1.29 is 4.57 Å². The lowest BCUT2D eigenvalue weighted by molar-refractivity contribution is -0.671. The monoisotopic (exact) mass is 163 g/mol. The van der Waals surface area contributed by atoms with Crippen molar-refractivity contribution >= 4 is 0 Å². The van der Waals surface area contributed by atoms with Crippen molar-refractivity contribution in [3.63, 3.8) is 0 Å². The summed E-state index contributed by atoms with van der Waals surface area (Å²) in [5.41, 5.74) is 1.12. The van der Waals surface area contributed by atoms with E-state index in [9.17, 15) is 0 Å². The van der Waals surface area contributed by atoms with E-state index in [2.05, 4.69) is 14.8 Å². The van der Waals surface area contributed by atoms with Gasteiger partial charge in [0.2, 0.25) is 6.33 Å². The Balaban J connectivity index is 2.14. The molecule has 0 saturated carbocycles. The summed E-state index contributed by atoms with van der Waals surface area (Å²) < 4.78 is 4.10. The first-order valence-corrected chi connectivity index (χ1v) is 3.84. The molecule has 0 radical (unpaired) electrons. The van der Waals surface area contributed by atoms with Crippen molar-refractivity contribution in [1.82, 2.24) is 14.8 Å². The summed E-state index contributed by atoms with van der Waals surface area (Å²) in [4.78, 5) is 0. The normalized spacial score (nSPS) is 10.4. The Kier molecular flexibility index (Phi) is 1.66. The summed E-state index contributed by atoms with van der Waals surface area (Å²) in [7, 11) is 2.00. The van der Waals surface area contributed by atoms with Crippen LogP contribution in [0, 0.1) is 0 Å². The number of hydrogen-bond donors (Lipinski definition) is 1. The Bertz CT molecular complexity index is 347. The van der Waals surface area contributed by atoms with E-state index in [1.54, 1.807) is 6.20 Å². The maximum atomic E-state index is 3.88. The van der Waals surface area contributed by atoms with Gasteiger partial charge in [0.25, 0.3) is 0 Å². The summed E-state index contributed by atoms with van der Waals surface area (Å²) in [6.45, 7) is 0.848. The lowest BCUT2D eigenvalue weighted by Crippen LogP contribution is -2.23. The average molecular weight is 163 g/mol. The highest BCUT2D eigenvalue weighted by Gasteiger charge is 2.01. The van der Waals surface area contributed by atoms with Crippen LogP contribution in [0.4, 0.5) is 0 Å². The molecule has 0 bridgehead atoms. The lowest BCUT2D eigenvalue weighted by atomic mass is 10.4. The van der Waals surface area contributed by atoms with Crippen molar-refractivity contribution in [2.45, 2.75) is 6.54 Å². The molecule has 4 nitrogen and oxygen atoms in total. The van der Waals surface area contributed by atoms with Crippen LogP contribution in [0.25, 0.3) is 0 Å². The standard InChI is InChI=1S/C8H11N4/c1-11-4-5-12(7-11)6-8-2-3-9-10-8/h2-5,7H,6H2,1H3,(H,9,10)/q+1. The Hall–Kier alpha value is -1.58. The number of rotatable bonds is 2. The predicted molar refractivity (Wildman–Crippen MR) is 43.3 cm³/mol. The molecule has 4 heteroatoms. The van der Waals surface area contributed by atoms with Crippen LogP contribution in [0.3, 0.4) is 0 Å². The molecular weight excluding hydrogens is 152 g/mol. The predicted octanol–water partition coefficient (Wildman–Crippen LogP) is 0.0840. The molecule has 0 aliphatic carbocycles. The molecule has 0 spiro atoms. The van der Waals surface area contributed by atoms with Gasteiger partial charge in [-0.3, -0.25) is 5.10 Å².